The summed E-state index contributed by atoms with van der Waals surface area (Å²) in [5.41, 5.74) is 0.409. The standard InChI is InChI=1S/C19H18Cl3N5O2S/c20-13-8-15(22)16(9-14(13)21)23-17(28)11-30-19-25-24-18(26-5-1-2-6-26)27(19)10-12-4-3-7-29-12/h3-4,7-9H,1-2,5-6,10-11H2,(H,23,28). The number of hydrogen-bond acceptors (Lipinski definition) is 6. The Morgan fingerprint density at radius 1 is 1.13 bits per heavy atom. The van der Waals surface area contributed by atoms with Crippen molar-refractivity contribution in [1.29, 1.82) is 0 Å². The van der Waals surface area contributed by atoms with Crippen LogP contribution in [0.1, 0.15) is 18.6 Å². The van der Waals surface area contributed by atoms with Crippen LogP contribution >= 0.6 is 46.6 Å². The lowest BCUT2D eigenvalue weighted by Crippen LogP contribution is -2.23. The van der Waals surface area contributed by atoms with Gasteiger partial charge in [0.25, 0.3) is 0 Å². The van der Waals surface area contributed by atoms with E-state index in [4.69, 9.17) is 39.2 Å². The molecule has 7 nitrogen and oxygen atoms in total. The van der Waals surface area contributed by atoms with Crippen LogP contribution in [-0.2, 0) is 11.3 Å². The Hall–Kier alpha value is -1.87. The molecular weight excluding hydrogens is 469 g/mol. The van der Waals surface area contributed by atoms with Crippen LogP contribution in [0.2, 0.25) is 15.1 Å². The fourth-order valence-electron chi connectivity index (χ4n) is 3.17. The molecule has 0 aliphatic carbocycles. The highest BCUT2D eigenvalue weighted by molar-refractivity contribution is 7.99. The molecule has 1 aliphatic heterocycles. The van der Waals surface area contributed by atoms with Crippen molar-refractivity contribution in [2.45, 2.75) is 24.5 Å². The van der Waals surface area contributed by atoms with Crippen molar-refractivity contribution in [2.24, 2.45) is 0 Å². The highest BCUT2D eigenvalue weighted by atomic mass is 35.5. The summed E-state index contributed by atoms with van der Waals surface area (Å²) in [6.45, 7) is 2.38. The molecule has 0 bridgehead atoms. The van der Waals surface area contributed by atoms with E-state index < -0.39 is 0 Å². The molecule has 1 fully saturated rings. The number of nitrogens with zero attached hydrogens (tertiary/aromatic N) is 4. The molecule has 0 spiro atoms. The van der Waals surface area contributed by atoms with Crippen LogP contribution in [0, 0.1) is 0 Å². The minimum Gasteiger partial charge on any atom is -0.467 e. The van der Waals surface area contributed by atoms with Crippen molar-refractivity contribution in [3.63, 3.8) is 0 Å². The summed E-state index contributed by atoms with van der Waals surface area (Å²) in [7, 11) is 0. The second-order valence-electron chi connectivity index (χ2n) is 6.73. The van der Waals surface area contributed by atoms with Crippen LogP contribution < -0.4 is 10.2 Å². The van der Waals surface area contributed by atoms with Gasteiger partial charge >= 0.3 is 0 Å². The lowest BCUT2D eigenvalue weighted by molar-refractivity contribution is -0.113. The molecule has 0 saturated carbocycles. The lowest BCUT2D eigenvalue weighted by atomic mass is 10.3. The van der Waals surface area contributed by atoms with E-state index in [0.717, 1.165) is 37.6 Å². The van der Waals surface area contributed by atoms with E-state index in [0.29, 0.717) is 32.5 Å². The Morgan fingerprint density at radius 2 is 1.90 bits per heavy atom. The largest absolute Gasteiger partial charge is 0.467 e. The van der Waals surface area contributed by atoms with E-state index in [1.165, 1.54) is 23.9 Å². The van der Waals surface area contributed by atoms with E-state index in [1.54, 1.807) is 6.26 Å². The molecule has 2 aromatic heterocycles. The molecule has 3 heterocycles. The first-order valence-corrected chi connectivity index (χ1v) is 11.4. The van der Waals surface area contributed by atoms with Gasteiger partial charge in [-0.2, -0.15) is 0 Å². The second-order valence-corrected chi connectivity index (χ2v) is 8.89. The maximum absolute atomic E-state index is 12.5. The molecule has 1 aromatic carbocycles. The predicted molar refractivity (Wildman–Crippen MR) is 120 cm³/mol. The van der Waals surface area contributed by atoms with Crippen molar-refractivity contribution in [2.75, 3.05) is 29.1 Å². The fourth-order valence-corrected chi connectivity index (χ4v) is 4.50. The minimum atomic E-state index is -0.240. The first kappa shape index (κ1) is 21.4. The van der Waals surface area contributed by atoms with Crippen molar-refractivity contribution in [1.82, 2.24) is 14.8 Å². The maximum atomic E-state index is 12.5. The zero-order chi connectivity index (χ0) is 21.1. The zero-order valence-corrected chi connectivity index (χ0v) is 18.9. The summed E-state index contributed by atoms with van der Waals surface area (Å²) < 4.78 is 7.48. The van der Waals surface area contributed by atoms with E-state index in [9.17, 15) is 4.79 Å². The van der Waals surface area contributed by atoms with Crippen LogP contribution in [0.25, 0.3) is 0 Å². The highest BCUT2D eigenvalue weighted by Gasteiger charge is 2.22. The molecule has 1 amide bonds. The average molecular weight is 487 g/mol. The van der Waals surface area contributed by atoms with Gasteiger partial charge in [-0.25, -0.2) is 0 Å². The SMILES string of the molecule is O=C(CSc1nnc(N2CCCC2)n1Cc1ccco1)Nc1cc(Cl)c(Cl)cc1Cl. The minimum absolute atomic E-state index is 0.132. The summed E-state index contributed by atoms with van der Waals surface area (Å²) >= 11 is 19.4. The molecular formula is C19H18Cl3N5O2S. The molecule has 1 saturated heterocycles. The number of rotatable bonds is 7. The molecule has 0 radical (unpaired) electrons. The summed E-state index contributed by atoms with van der Waals surface area (Å²) in [6, 6.07) is 6.77. The van der Waals surface area contributed by atoms with Gasteiger partial charge in [-0.1, -0.05) is 46.6 Å². The van der Waals surface area contributed by atoms with Crippen LogP contribution in [0.15, 0.2) is 40.1 Å². The lowest BCUT2D eigenvalue weighted by Gasteiger charge is -2.17. The van der Waals surface area contributed by atoms with Gasteiger partial charge in [0.2, 0.25) is 11.9 Å². The van der Waals surface area contributed by atoms with Crippen LogP contribution in [-0.4, -0.2) is 39.5 Å². The Kier molecular flexibility index (Phi) is 6.77. The molecule has 4 rings (SSSR count). The Bertz CT molecular complexity index is 1040. The molecule has 0 unspecified atom stereocenters. The predicted octanol–water partition coefficient (Wildman–Crippen LogP) is 5.21. The third-order valence-electron chi connectivity index (χ3n) is 4.60. The smallest absolute Gasteiger partial charge is 0.234 e. The second kappa shape index (κ2) is 9.51. The molecule has 11 heteroatoms. The average Bonchev–Trinajstić information content (AvgIpc) is 3.47. The van der Waals surface area contributed by atoms with Gasteiger partial charge in [-0.05, 0) is 37.1 Å². The monoisotopic (exact) mass is 485 g/mol. The molecule has 158 valence electrons. The number of furan rings is 1. The van der Waals surface area contributed by atoms with Crippen molar-refractivity contribution in [3.8, 4) is 0 Å². The number of halogens is 3. The maximum Gasteiger partial charge on any atom is 0.234 e. The third kappa shape index (κ3) is 4.88. The third-order valence-corrected chi connectivity index (χ3v) is 6.60. The number of amides is 1. The highest BCUT2D eigenvalue weighted by Crippen LogP contribution is 2.32. The number of carbonyl (C=O) groups is 1. The van der Waals surface area contributed by atoms with Gasteiger partial charge in [-0.3, -0.25) is 9.36 Å². The van der Waals surface area contributed by atoms with Gasteiger partial charge in [0.1, 0.15) is 5.76 Å². The number of nitrogens with one attached hydrogen (secondary N) is 1. The van der Waals surface area contributed by atoms with Gasteiger partial charge in [0.15, 0.2) is 5.16 Å². The first-order valence-electron chi connectivity index (χ1n) is 9.29. The molecule has 30 heavy (non-hydrogen) atoms. The van der Waals surface area contributed by atoms with Crippen molar-refractivity contribution >= 4 is 64.1 Å². The van der Waals surface area contributed by atoms with Crippen LogP contribution in [0.4, 0.5) is 11.6 Å². The Balaban J connectivity index is 1.47. The number of anilines is 2. The number of aromatic nitrogens is 3. The van der Waals surface area contributed by atoms with Gasteiger partial charge in [0.05, 0.1) is 39.3 Å². The summed E-state index contributed by atoms with van der Waals surface area (Å²) in [5, 5.41) is 13.0. The summed E-state index contributed by atoms with van der Waals surface area (Å²) in [6.07, 6.45) is 3.89. The molecule has 0 atom stereocenters. The van der Waals surface area contributed by atoms with Gasteiger partial charge in [-0.15, -0.1) is 10.2 Å². The van der Waals surface area contributed by atoms with Crippen LogP contribution in [0.3, 0.4) is 0 Å². The van der Waals surface area contributed by atoms with E-state index >= 15 is 0 Å². The summed E-state index contributed by atoms with van der Waals surface area (Å²) in [4.78, 5) is 14.7. The van der Waals surface area contributed by atoms with E-state index in [2.05, 4.69) is 20.4 Å². The van der Waals surface area contributed by atoms with Crippen molar-refractivity contribution < 1.29 is 9.21 Å². The molecule has 1 aliphatic rings. The molecule has 1 N–H and O–H groups in total. The number of hydrogen-bond donors (Lipinski definition) is 1. The summed E-state index contributed by atoms with van der Waals surface area (Å²) in [5.74, 6) is 1.48. The van der Waals surface area contributed by atoms with Crippen LogP contribution in [0.5, 0.6) is 0 Å². The zero-order valence-electron chi connectivity index (χ0n) is 15.8. The van der Waals surface area contributed by atoms with E-state index in [-0.39, 0.29) is 11.7 Å². The number of carbonyl (C=O) groups excluding carboxylic acids is 1. The number of thioether (sulfide) groups is 1. The number of benzene rings is 1. The normalized spacial score (nSPS) is 13.8. The van der Waals surface area contributed by atoms with E-state index in [1.807, 2.05) is 16.7 Å². The molecule has 3 aromatic rings. The fraction of sp³-hybridized carbons (Fsp3) is 0.316. The van der Waals surface area contributed by atoms with Gasteiger partial charge in [0, 0.05) is 13.1 Å². The first-order chi connectivity index (χ1) is 14.5. The van der Waals surface area contributed by atoms with Gasteiger partial charge < -0.3 is 14.6 Å². The Labute approximate surface area is 192 Å². The topological polar surface area (TPSA) is 76.2 Å². The van der Waals surface area contributed by atoms with Crippen molar-refractivity contribution in [3.05, 3.63) is 51.4 Å². The Morgan fingerprint density at radius 3 is 2.63 bits per heavy atom. The quantitative estimate of drug-likeness (QED) is 0.365.